The van der Waals surface area contributed by atoms with E-state index in [1.54, 1.807) is 50.2 Å². The number of carbonyl (C=O) groups excluding carboxylic acids is 1. The molecule has 4 nitrogen and oxygen atoms in total. The molecule has 1 amide bonds. The maximum Gasteiger partial charge on any atom is 0.265 e. The van der Waals surface area contributed by atoms with Crippen molar-refractivity contribution in [2.24, 2.45) is 0 Å². The third-order valence-electron chi connectivity index (χ3n) is 3.10. The van der Waals surface area contributed by atoms with E-state index >= 15 is 0 Å². The van der Waals surface area contributed by atoms with Crippen LogP contribution in [0.2, 0.25) is 0 Å². The summed E-state index contributed by atoms with van der Waals surface area (Å²) >= 11 is 0. The van der Waals surface area contributed by atoms with E-state index in [1.807, 2.05) is 6.07 Å². The molecule has 0 aromatic heterocycles. The Morgan fingerprint density at radius 2 is 1.95 bits per heavy atom. The average Bonchev–Trinajstić information content (AvgIpc) is 2.51. The average molecular weight is 298 g/mol. The van der Waals surface area contributed by atoms with E-state index in [9.17, 15) is 9.18 Å². The predicted molar refractivity (Wildman–Crippen MR) is 81.0 cm³/mol. The summed E-state index contributed by atoms with van der Waals surface area (Å²) in [4.78, 5) is 12.0. The number of halogens is 1. The van der Waals surface area contributed by atoms with Gasteiger partial charge in [0.15, 0.2) is 6.10 Å². The molecule has 0 aliphatic rings. The monoisotopic (exact) mass is 298 g/mol. The van der Waals surface area contributed by atoms with Gasteiger partial charge in [0.2, 0.25) is 0 Å². The fourth-order valence-corrected chi connectivity index (χ4v) is 1.78. The lowest BCUT2D eigenvalue weighted by Gasteiger charge is -2.15. The summed E-state index contributed by atoms with van der Waals surface area (Å²) < 4.78 is 18.9. The zero-order valence-corrected chi connectivity index (χ0v) is 12.3. The Morgan fingerprint density at radius 1 is 1.27 bits per heavy atom. The highest BCUT2D eigenvalue weighted by Gasteiger charge is 2.15. The van der Waals surface area contributed by atoms with Crippen LogP contribution in [0.25, 0.3) is 0 Å². The lowest BCUT2D eigenvalue weighted by atomic mass is 10.2. The minimum Gasteiger partial charge on any atom is -0.481 e. The molecule has 0 saturated carbocycles. The van der Waals surface area contributed by atoms with E-state index < -0.39 is 6.10 Å². The number of ether oxygens (including phenoxy) is 1. The fourth-order valence-electron chi connectivity index (χ4n) is 1.78. The Kier molecular flexibility index (Phi) is 4.74. The number of carbonyl (C=O) groups is 1. The number of nitrogens with one attached hydrogen (secondary N) is 1. The van der Waals surface area contributed by atoms with Gasteiger partial charge in [-0.3, -0.25) is 4.79 Å². The van der Waals surface area contributed by atoms with Crippen LogP contribution in [0, 0.1) is 24.1 Å². The predicted octanol–water partition coefficient (Wildman–Crippen LogP) is 3.41. The van der Waals surface area contributed by atoms with Crippen molar-refractivity contribution in [2.45, 2.75) is 20.0 Å². The molecular weight excluding hydrogens is 283 g/mol. The van der Waals surface area contributed by atoms with Gasteiger partial charge < -0.3 is 10.1 Å². The van der Waals surface area contributed by atoms with Crippen molar-refractivity contribution in [3.63, 3.8) is 0 Å². The van der Waals surface area contributed by atoms with Crippen LogP contribution in [0.4, 0.5) is 10.1 Å². The van der Waals surface area contributed by atoms with Crippen molar-refractivity contribution >= 4 is 11.6 Å². The first-order valence-electron chi connectivity index (χ1n) is 6.73. The van der Waals surface area contributed by atoms with Crippen LogP contribution in [0.1, 0.15) is 18.1 Å². The third-order valence-corrected chi connectivity index (χ3v) is 3.10. The van der Waals surface area contributed by atoms with Crippen molar-refractivity contribution < 1.29 is 13.9 Å². The van der Waals surface area contributed by atoms with Gasteiger partial charge in [-0.05, 0) is 55.8 Å². The highest BCUT2D eigenvalue weighted by molar-refractivity contribution is 5.94. The molecule has 2 aromatic carbocycles. The quantitative estimate of drug-likeness (QED) is 0.940. The van der Waals surface area contributed by atoms with Gasteiger partial charge in [0, 0.05) is 5.69 Å². The summed E-state index contributed by atoms with van der Waals surface area (Å²) in [6.07, 6.45) is -0.753. The number of hydrogen-bond donors (Lipinski definition) is 1. The van der Waals surface area contributed by atoms with E-state index in [0.29, 0.717) is 22.6 Å². The second-order valence-electron chi connectivity index (χ2n) is 4.85. The molecule has 0 heterocycles. The lowest BCUT2D eigenvalue weighted by Crippen LogP contribution is -2.30. The molecule has 0 saturated heterocycles. The molecule has 112 valence electrons. The van der Waals surface area contributed by atoms with Gasteiger partial charge in [0.25, 0.3) is 5.91 Å². The zero-order chi connectivity index (χ0) is 16.1. The summed E-state index contributed by atoms with van der Waals surface area (Å²) in [5.41, 5.74) is 1.41. The number of amides is 1. The summed E-state index contributed by atoms with van der Waals surface area (Å²) in [5.74, 6) is -0.275. The molecule has 22 heavy (non-hydrogen) atoms. The second kappa shape index (κ2) is 6.72. The highest BCUT2D eigenvalue weighted by atomic mass is 19.1. The number of benzene rings is 2. The first-order valence-corrected chi connectivity index (χ1v) is 6.73. The number of anilines is 1. The minimum absolute atomic E-state index is 0.376. The zero-order valence-electron chi connectivity index (χ0n) is 12.3. The second-order valence-corrected chi connectivity index (χ2v) is 4.85. The summed E-state index contributed by atoms with van der Waals surface area (Å²) in [6.45, 7) is 3.25. The molecule has 1 atom stereocenters. The molecule has 0 radical (unpaired) electrons. The van der Waals surface area contributed by atoms with E-state index in [-0.39, 0.29) is 11.7 Å². The number of nitrogens with zero attached hydrogens (tertiary/aromatic N) is 1. The van der Waals surface area contributed by atoms with Crippen molar-refractivity contribution in [3.05, 3.63) is 59.4 Å². The molecular formula is C17H15FN2O2. The molecule has 5 heteroatoms. The smallest absolute Gasteiger partial charge is 0.265 e. The first kappa shape index (κ1) is 15.5. The summed E-state index contributed by atoms with van der Waals surface area (Å²) in [5, 5.41) is 11.3. The van der Waals surface area contributed by atoms with Crippen LogP contribution >= 0.6 is 0 Å². The number of hydrogen-bond acceptors (Lipinski definition) is 3. The van der Waals surface area contributed by atoms with Gasteiger partial charge in [-0.25, -0.2) is 4.39 Å². The Labute approximate surface area is 128 Å². The van der Waals surface area contributed by atoms with Crippen molar-refractivity contribution in [1.82, 2.24) is 0 Å². The highest BCUT2D eigenvalue weighted by Crippen LogP contribution is 2.16. The SMILES string of the molecule is Cc1ccc(NC(=O)C(C)Oc2ccc(C#N)cc2)cc1F. The molecule has 1 N–H and O–H groups in total. The van der Waals surface area contributed by atoms with E-state index in [1.165, 1.54) is 6.07 Å². The maximum absolute atomic E-state index is 13.4. The maximum atomic E-state index is 13.4. The largest absolute Gasteiger partial charge is 0.481 e. The molecule has 1 unspecified atom stereocenters. The molecule has 0 bridgehead atoms. The fraction of sp³-hybridized carbons (Fsp3) is 0.176. The van der Waals surface area contributed by atoms with Gasteiger partial charge in [-0.1, -0.05) is 6.07 Å². The molecule has 2 rings (SSSR count). The van der Waals surface area contributed by atoms with Crippen LogP contribution in [0.5, 0.6) is 5.75 Å². The standard InChI is InChI=1S/C17H15FN2O2/c1-11-3-6-14(9-16(11)18)20-17(21)12(2)22-15-7-4-13(10-19)5-8-15/h3-9,12H,1-2H3,(H,20,21). The van der Waals surface area contributed by atoms with Crippen LogP contribution in [0.15, 0.2) is 42.5 Å². The molecule has 0 spiro atoms. The van der Waals surface area contributed by atoms with Crippen LogP contribution in [0.3, 0.4) is 0 Å². The first-order chi connectivity index (χ1) is 10.5. The van der Waals surface area contributed by atoms with Gasteiger partial charge in [-0.15, -0.1) is 0 Å². The summed E-state index contributed by atoms with van der Waals surface area (Å²) in [6, 6.07) is 12.9. The summed E-state index contributed by atoms with van der Waals surface area (Å²) in [7, 11) is 0. The molecule has 0 fully saturated rings. The van der Waals surface area contributed by atoms with E-state index in [4.69, 9.17) is 10.00 Å². The van der Waals surface area contributed by atoms with Crippen LogP contribution < -0.4 is 10.1 Å². The Hall–Kier alpha value is -2.87. The molecule has 0 aliphatic heterocycles. The minimum atomic E-state index is -0.753. The normalized spacial score (nSPS) is 11.4. The molecule has 2 aromatic rings. The third kappa shape index (κ3) is 3.83. The number of aryl methyl sites for hydroxylation is 1. The lowest BCUT2D eigenvalue weighted by molar-refractivity contribution is -0.122. The van der Waals surface area contributed by atoms with Gasteiger partial charge in [0.05, 0.1) is 11.6 Å². The Bertz CT molecular complexity index is 720. The Balaban J connectivity index is 1.99. The van der Waals surface area contributed by atoms with Crippen LogP contribution in [-0.2, 0) is 4.79 Å². The van der Waals surface area contributed by atoms with Crippen molar-refractivity contribution in [2.75, 3.05) is 5.32 Å². The van der Waals surface area contributed by atoms with E-state index in [0.717, 1.165) is 0 Å². The van der Waals surface area contributed by atoms with Crippen molar-refractivity contribution in [3.8, 4) is 11.8 Å². The number of nitriles is 1. The van der Waals surface area contributed by atoms with Gasteiger partial charge in [-0.2, -0.15) is 5.26 Å². The van der Waals surface area contributed by atoms with Crippen molar-refractivity contribution in [1.29, 1.82) is 5.26 Å². The topological polar surface area (TPSA) is 62.1 Å². The van der Waals surface area contributed by atoms with Crippen LogP contribution in [-0.4, -0.2) is 12.0 Å². The van der Waals surface area contributed by atoms with Gasteiger partial charge >= 0.3 is 0 Å². The van der Waals surface area contributed by atoms with Gasteiger partial charge in [0.1, 0.15) is 11.6 Å². The van der Waals surface area contributed by atoms with E-state index in [2.05, 4.69) is 5.32 Å². The number of rotatable bonds is 4. The molecule has 0 aliphatic carbocycles. The Morgan fingerprint density at radius 3 is 2.55 bits per heavy atom.